The Labute approximate surface area is 306 Å². The average molecular weight is 721 g/mol. The molecule has 0 aromatic carbocycles. The maximum absolute atomic E-state index is 9.36. The Hall–Kier alpha value is -7.08. The molecule has 8 aromatic rings. The third-order valence-electron chi connectivity index (χ3n) is 10.5. The first-order valence-corrected chi connectivity index (χ1v) is 17.4. The summed E-state index contributed by atoms with van der Waals surface area (Å²) < 4.78 is 14.4. The molecule has 0 bridgehead atoms. The number of rotatable bonds is 8. The fraction of sp³-hybridized carbons (Fsp3) is 0.333. The van der Waals surface area contributed by atoms with E-state index in [4.69, 9.17) is 9.05 Å². The summed E-state index contributed by atoms with van der Waals surface area (Å²) in [5, 5.41) is 37.4. The molecule has 2 N–H and O–H groups in total. The largest absolute Gasteiger partial charge is 0.346 e. The quantitative estimate of drug-likeness (QED) is 0.200. The third kappa shape index (κ3) is 5.55. The molecule has 0 amide bonds. The van der Waals surface area contributed by atoms with Crippen molar-refractivity contribution >= 4 is 22.1 Å². The lowest BCUT2D eigenvalue weighted by Gasteiger charge is -2.44. The zero-order chi connectivity index (χ0) is 36.9. The molecule has 10 rings (SSSR count). The van der Waals surface area contributed by atoms with Crippen molar-refractivity contribution in [2.45, 2.75) is 75.3 Å². The van der Waals surface area contributed by atoms with Gasteiger partial charge in [-0.05, 0) is 51.7 Å². The van der Waals surface area contributed by atoms with E-state index in [1.807, 2.05) is 46.3 Å². The molecule has 0 spiro atoms. The highest BCUT2D eigenvalue weighted by Crippen LogP contribution is 2.52. The molecule has 268 valence electrons. The Morgan fingerprint density at radius 3 is 1.54 bits per heavy atom. The van der Waals surface area contributed by atoms with Crippen LogP contribution < -0.4 is 0 Å². The van der Waals surface area contributed by atoms with Crippen LogP contribution in [0.3, 0.4) is 0 Å². The monoisotopic (exact) mass is 720 g/mol. The Morgan fingerprint density at radius 1 is 0.704 bits per heavy atom. The summed E-state index contributed by atoms with van der Waals surface area (Å²) in [4.78, 5) is 32.1. The first-order chi connectivity index (χ1) is 26.4. The number of aryl methyl sites for hydroxylation is 2. The van der Waals surface area contributed by atoms with Gasteiger partial charge in [0.05, 0.1) is 59.8 Å². The number of nitriles is 2. The molecular weight excluding hydrogens is 689 g/mol. The minimum atomic E-state index is -0.357. The van der Waals surface area contributed by atoms with E-state index in [0.29, 0.717) is 36.3 Å². The van der Waals surface area contributed by atoms with Gasteiger partial charge in [0, 0.05) is 58.5 Å². The van der Waals surface area contributed by atoms with Gasteiger partial charge in [0.1, 0.15) is 23.9 Å². The Morgan fingerprint density at radius 2 is 1.15 bits per heavy atom. The summed E-state index contributed by atoms with van der Waals surface area (Å²) in [7, 11) is 0. The van der Waals surface area contributed by atoms with Crippen LogP contribution in [0.25, 0.3) is 44.6 Å². The van der Waals surface area contributed by atoms with E-state index in [-0.39, 0.29) is 22.9 Å². The van der Waals surface area contributed by atoms with E-state index in [9.17, 15) is 10.5 Å². The van der Waals surface area contributed by atoms with Gasteiger partial charge in [0.15, 0.2) is 11.6 Å². The van der Waals surface area contributed by atoms with Gasteiger partial charge >= 0.3 is 0 Å². The highest BCUT2D eigenvalue weighted by molar-refractivity contribution is 5.90. The van der Waals surface area contributed by atoms with Gasteiger partial charge in [0.2, 0.25) is 11.8 Å². The molecule has 0 atom stereocenters. The Kier molecular flexibility index (Phi) is 7.80. The van der Waals surface area contributed by atoms with Gasteiger partial charge < -0.3 is 19.0 Å². The van der Waals surface area contributed by atoms with Crippen LogP contribution in [0.15, 0.2) is 71.0 Å². The fourth-order valence-electron chi connectivity index (χ4n) is 7.76. The molecule has 0 saturated heterocycles. The number of hydrogen-bond acceptors (Lipinski definition) is 14. The standard InChI is InChI=1S/2C18H16N8O/c2*1-11-24-17(27-25-11)12-6-18(7-12,3-4-19)26-9-13(8-23-26)15-14-2-5-20-16(14)22-10-21-15/h2*2,5,8-10,12H,3,6-7H2,1H3,(H,20,21,22). The average Bonchev–Trinajstić information content (AvgIpc) is 3.99. The number of nitrogens with one attached hydrogen (secondary N) is 2. The number of H-pyrrole nitrogens is 2. The molecule has 2 fully saturated rings. The van der Waals surface area contributed by atoms with E-state index in [2.05, 4.69) is 72.5 Å². The van der Waals surface area contributed by atoms with Crippen LogP contribution in [0.2, 0.25) is 0 Å². The second-order valence-electron chi connectivity index (χ2n) is 14.0. The SMILES string of the molecule is Cc1noc(C2CC(CC#N)(n3cc(-c4ncnc5[nH]ccc45)cn3)C2)n1.Cc1noc(C2CC(CC#N)(n3cc(-c4ncnc5[nH]ccc45)cn3)C2)n1. The van der Waals surface area contributed by atoms with E-state index in [1.54, 1.807) is 26.2 Å². The molecule has 8 heterocycles. The molecule has 18 nitrogen and oxygen atoms in total. The molecular formula is C36H32N16O2. The third-order valence-corrected chi connectivity index (χ3v) is 10.5. The highest BCUT2D eigenvalue weighted by Gasteiger charge is 2.50. The van der Waals surface area contributed by atoms with Crippen molar-refractivity contribution in [1.82, 2.24) is 69.7 Å². The maximum Gasteiger partial charge on any atom is 0.229 e. The van der Waals surface area contributed by atoms with Crippen LogP contribution >= 0.6 is 0 Å². The van der Waals surface area contributed by atoms with Crippen molar-refractivity contribution in [3.8, 4) is 34.7 Å². The summed E-state index contributed by atoms with van der Waals surface area (Å²) >= 11 is 0. The van der Waals surface area contributed by atoms with E-state index in [1.165, 1.54) is 12.7 Å². The molecule has 0 aliphatic heterocycles. The van der Waals surface area contributed by atoms with Crippen molar-refractivity contribution in [2.24, 2.45) is 0 Å². The molecule has 0 unspecified atom stereocenters. The Bertz CT molecular complexity index is 2500. The van der Waals surface area contributed by atoms with Crippen molar-refractivity contribution in [1.29, 1.82) is 10.5 Å². The molecule has 18 heteroatoms. The number of fused-ring (bicyclic) bond motifs is 2. The summed E-state index contributed by atoms with van der Waals surface area (Å²) in [5.41, 5.74) is 4.30. The van der Waals surface area contributed by atoms with Crippen LogP contribution in [0.1, 0.15) is 73.8 Å². The fourth-order valence-corrected chi connectivity index (χ4v) is 7.76. The normalized spacial score (nSPS) is 21.9. The van der Waals surface area contributed by atoms with Crippen LogP contribution in [-0.4, -0.2) is 69.7 Å². The van der Waals surface area contributed by atoms with Crippen molar-refractivity contribution in [2.75, 3.05) is 0 Å². The highest BCUT2D eigenvalue weighted by atomic mass is 16.5. The van der Waals surface area contributed by atoms with Crippen molar-refractivity contribution in [3.05, 3.63) is 85.4 Å². The lowest BCUT2D eigenvalue weighted by Crippen LogP contribution is -2.45. The summed E-state index contributed by atoms with van der Waals surface area (Å²) in [6, 6.07) is 8.50. The van der Waals surface area contributed by atoms with Gasteiger partial charge in [-0.1, -0.05) is 10.3 Å². The second kappa shape index (κ2) is 12.8. The molecule has 2 aliphatic carbocycles. The van der Waals surface area contributed by atoms with Gasteiger partial charge in [-0.25, -0.2) is 19.9 Å². The van der Waals surface area contributed by atoms with Crippen LogP contribution in [0.5, 0.6) is 0 Å². The van der Waals surface area contributed by atoms with Gasteiger partial charge in [-0.2, -0.15) is 30.7 Å². The van der Waals surface area contributed by atoms with Crippen molar-refractivity contribution < 1.29 is 9.05 Å². The number of nitrogens with zero attached hydrogens (tertiary/aromatic N) is 14. The van der Waals surface area contributed by atoms with Crippen LogP contribution in [0.4, 0.5) is 0 Å². The van der Waals surface area contributed by atoms with Gasteiger partial charge in [-0.15, -0.1) is 0 Å². The minimum absolute atomic E-state index is 0.155. The summed E-state index contributed by atoms with van der Waals surface area (Å²) in [6.07, 6.45) is 18.0. The van der Waals surface area contributed by atoms with Crippen molar-refractivity contribution in [3.63, 3.8) is 0 Å². The topological polar surface area (TPSA) is 244 Å². The van der Waals surface area contributed by atoms with Gasteiger partial charge in [0.25, 0.3) is 0 Å². The summed E-state index contributed by atoms with van der Waals surface area (Å²) in [6.45, 7) is 3.61. The second-order valence-corrected chi connectivity index (χ2v) is 14.0. The van der Waals surface area contributed by atoms with Gasteiger partial charge in [-0.3, -0.25) is 9.36 Å². The zero-order valence-corrected chi connectivity index (χ0v) is 29.2. The summed E-state index contributed by atoms with van der Waals surface area (Å²) in [5.74, 6) is 2.84. The van der Waals surface area contributed by atoms with E-state index in [0.717, 1.165) is 70.3 Å². The molecule has 54 heavy (non-hydrogen) atoms. The predicted molar refractivity (Wildman–Crippen MR) is 189 cm³/mol. The molecule has 0 radical (unpaired) electrons. The van der Waals surface area contributed by atoms with E-state index >= 15 is 0 Å². The number of aromatic amines is 2. The predicted octanol–water partition coefficient (Wildman–Crippen LogP) is 5.40. The van der Waals surface area contributed by atoms with Crippen LogP contribution in [0, 0.1) is 36.5 Å². The number of hydrogen-bond donors (Lipinski definition) is 2. The maximum atomic E-state index is 9.36. The smallest absolute Gasteiger partial charge is 0.229 e. The molecule has 2 saturated carbocycles. The zero-order valence-electron chi connectivity index (χ0n) is 29.2. The first-order valence-electron chi connectivity index (χ1n) is 17.4. The molecule has 2 aliphatic rings. The number of aromatic nitrogens is 14. The van der Waals surface area contributed by atoms with Crippen LogP contribution in [-0.2, 0) is 11.1 Å². The molecule has 8 aromatic heterocycles. The Balaban J connectivity index is 0.000000142. The van der Waals surface area contributed by atoms with E-state index < -0.39 is 0 Å². The lowest BCUT2D eigenvalue weighted by molar-refractivity contribution is 0.0822. The minimum Gasteiger partial charge on any atom is -0.346 e. The lowest BCUT2D eigenvalue weighted by atomic mass is 9.66. The first kappa shape index (κ1) is 32.8.